The molecule has 1 atom stereocenters. The minimum atomic E-state index is -0.997. The summed E-state index contributed by atoms with van der Waals surface area (Å²) in [7, 11) is 0. The van der Waals surface area contributed by atoms with Crippen molar-refractivity contribution in [2.24, 2.45) is 0 Å². The zero-order valence-corrected chi connectivity index (χ0v) is 17.6. The number of halogens is 1. The lowest BCUT2D eigenvalue weighted by molar-refractivity contribution is -0.155. The average Bonchev–Trinajstić information content (AvgIpc) is 3.15. The highest BCUT2D eigenvalue weighted by atomic mass is 35.5. The van der Waals surface area contributed by atoms with Crippen molar-refractivity contribution < 1.29 is 23.9 Å². The van der Waals surface area contributed by atoms with Crippen LogP contribution in [-0.2, 0) is 19.1 Å². The number of hydrogen-bond donors (Lipinski definition) is 1. The molecular weight excluding hydrogens is 408 g/mol. The SMILES string of the molecule is Cc1ccc(Cl)cc1NC(=O)C(C)OC(=O)COc1ccc(N2CCCC2=O)cc1. The Morgan fingerprint density at radius 2 is 1.93 bits per heavy atom. The van der Waals surface area contributed by atoms with Gasteiger partial charge >= 0.3 is 5.97 Å². The summed E-state index contributed by atoms with van der Waals surface area (Å²) in [5, 5.41) is 3.19. The van der Waals surface area contributed by atoms with Gasteiger partial charge < -0.3 is 19.7 Å². The molecule has 0 aromatic heterocycles. The number of esters is 1. The molecule has 1 aliphatic rings. The molecule has 7 nitrogen and oxygen atoms in total. The van der Waals surface area contributed by atoms with Gasteiger partial charge in [0.05, 0.1) is 0 Å². The van der Waals surface area contributed by atoms with Crippen LogP contribution >= 0.6 is 11.6 Å². The first kappa shape index (κ1) is 21.6. The van der Waals surface area contributed by atoms with E-state index < -0.39 is 18.0 Å². The predicted octanol–water partition coefficient (Wildman–Crippen LogP) is 3.72. The second kappa shape index (κ2) is 9.63. The van der Waals surface area contributed by atoms with Crippen molar-refractivity contribution in [3.05, 3.63) is 53.1 Å². The van der Waals surface area contributed by atoms with E-state index in [0.29, 0.717) is 29.4 Å². The summed E-state index contributed by atoms with van der Waals surface area (Å²) >= 11 is 5.94. The summed E-state index contributed by atoms with van der Waals surface area (Å²) in [6.07, 6.45) is 0.418. The number of rotatable bonds is 7. The maximum atomic E-state index is 12.3. The molecule has 0 aliphatic carbocycles. The van der Waals surface area contributed by atoms with Crippen molar-refractivity contribution >= 4 is 40.8 Å². The zero-order valence-electron chi connectivity index (χ0n) is 16.8. The van der Waals surface area contributed by atoms with Crippen molar-refractivity contribution in [1.29, 1.82) is 0 Å². The van der Waals surface area contributed by atoms with Crippen molar-refractivity contribution in [1.82, 2.24) is 0 Å². The van der Waals surface area contributed by atoms with Gasteiger partial charge in [0.15, 0.2) is 12.7 Å². The lowest BCUT2D eigenvalue weighted by Gasteiger charge is -2.16. The molecule has 1 aliphatic heterocycles. The normalized spacial score (nSPS) is 14.4. The minimum absolute atomic E-state index is 0.104. The van der Waals surface area contributed by atoms with Gasteiger partial charge in [-0.05, 0) is 62.2 Å². The van der Waals surface area contributed by atoms with E-state index in [-0.39, 0.29) is 12.5 Å². The first-order valence-electron chi connectivity index (χ1n) is 9.63. The molecule has 1 unspecified atom stereocenters. The molecule has 3 rings (SSSR count). The number of carbonyl (C=O) groups excluding carboxylic acids is 3. The summed E-state index contributed by atoms with van der Waals surface area (Å²) in [5.41, 5.74) is 2.20. The second-order valence-electron chi connectivity index (χ2n) is 7.01. The Balaban J connectivity index is 1.47. The second-order valence-corrected chi connectivity index (χ2v) is 7.45. The van der Waals surface area contributed by atoms with Crippen LogP contribution in [0.4, 0.5) is 11.4 Å². The van der Waals surface area contributed by atoms with Gasteiger partial charge in [-0.3, -0.25) is 9.59 Å². The number of anilines is 2. The molecule has 1 saturated heterocycles. The fraction of sp³-hybridized carbons (Fsp3) is 0.318. The number of nitrogens with zero attached hydrogens (tertiary/aromatic N) is 1. The first-order valence-corrected chi connectivity index (χ1v) is 10.0. The van der Waals surface area contributed by atoms with E-state index >= 15 is 0 Å². The van der Waals surface area contributed by atoms with Gasteiger partial charge in [0.1, 0.15) is 5.75 Å². The molecule has 2 aromatic rings. The Morgan fingerprint density at radius 1 is 1.20 bits per heavy atom. The van der Waals surface area contributed by atoms with Crippen LogP contribution in [0.15, 0.2) is 42.5 Å². The van der Waals surface area contributed by atoms with E-state index in [2.05, 4.69) is 5.32 Å². The third kappa shape index (κ3) is 5.51. The van der Waals surface area contributed by atoms with Crippen LogP contribution in [0.5, 0.6) is 5.75 Å². The number of ether oxygens (including phenoxy) is 2. The fourth-order valence-electron chi connectivity index (χ4n) is 3.03. The monoisotopic (exact) mass is 430 g/mol. The average molecular weight is 431 g/mol. The van der Waals surface area contributed by atoms with E-state index in [4.69, 9.17) is 21.1 Å². The number of aryl methyl sites for hydroxylation is 1. The Hall–Kier alpha value is -3.06. The predicted molar refractivity (Wildman–Crippen MR) is 114 cm³/mol. The van der Waals surface area contributed by atoms with Gasteiger partial charge in [-0.1, -0.05) is 17.7 Å². The molecule has 0 bridgehead atoms. The van der Waals surface area contributed by atoms with Crippen molar-refractivity contribution in [3.8, 4) is 5.75 Å². The fourth-order valence-corrected chi connectivity index (χ4v) is 3.21. The summed E-state index contributed by atoms with van der Waals surface area (Å²) in [4.78, 5) is 37.8. The topological polar surface area (TPSA) is 84.9 Å². The highest BCUT2D eigenvalue weighted by Gasteiger charge is 2.22. The molecule has 0 radical (unpaired) electrons. The maximum Gasteiger partial charge on any atom is 0.344 e. The van der Waals surface area contributed by atoms with Crippen LogP contribution in [0.3, 0.4) is 0 Å². The smallest absolute Gasteiger partial charge is 0.344 e. The molecule has 1 fully saturated rings. The Bertz CT molecular complexity index is 945. The summed E-state index contributed by atoms with van der Waals surface area (Å²) in [5.74, 6) is -0.561. The highest BCUT2D eigenvalue weighted by Crippen LogP contribution is 2.24. The molecule has 158 valence electrons. The maximum absolute atomic E-state index is 12.3. The number of nitrogens with one attached hydrogen (secondary N) is 1. The van der Waals surface area contributed by atoms with Gasteiger partial charge in [-0.15, -0.1) is 0 Å². The van der Waals surface area contributed by atoms with Crippen LogP contribution < -0.4 is 15.0 Å². The van der Waals surface area contributed by atoms with Crippen LogP contribution in [0, 0.1) is 6.92 Å². The summed E-state index contributed by atoms with van der Waals surface area (Å²) in [6, 6.07) is 12.1. The Kier molecular flexibility index (Phi) is 6.95. The highest BCUT2D eigenvalue weighted by molar-refractivity contribution is 6.31. The van der Waals surface area contributed by atoms with E-state index in [1.165, 1.54) is 6.92 Å². The van der Waals surface area contributed by atoms with Crippen molar-refractivity contribution in [2.45, 2.75) is 32.8 Å². The molecule has 0 spiro atoms. The summed E-state index contributed by atoms with van der Waals surface area (Å²) < 4.78 is 10.6. The first-order chi connectivity index (χ1) is 14.3. The molecular formula is C22H23ClN2O5. The van der Waals surface area contributed by atoms with Crippen LogP contribution in [0.1, 0.15) is 25.3 Å². The number of hydrogen-bond acceptors (Lipinski definition) is 5. The molecule has 1 heterocycles. The van der Waals surface area contributed by atoms with Gasteiger partial charge in [0.25, 0.3) is 5.91 Å². The standard InChI is InChI=1S/C22H23ClN2O5/c1-14-5-6-16(23)12-19(14)24-22(28)15(2)30-21(27)13-29-18-9-7-17(8-10-18)25-11-3-4-20(25)26/h5-10,12,15H,3-4,11,13H2,1-2H3,(H,24,28). The molecule has 0 saturated carbocycles. The van der Waals surface area contributed by atoms with Gasteiger partial charge in [-0.2, -0.15) is 0 Å². The number of amides is 2. The zero-order chi connectivity index (χ0) is 21.7. The molecule has 2 aromatic carbocycles. The lowest BCUT2D eigenvalue weighted by atomic mass is 10.2. The van der Waals surface area contributed by atoms with Crippen molar-refractivity contribution in [2.75, 3.05) is 23.4 Å². The molecule has 1 N–H and O–H groups in total. The number of carbonyl (C=O) groups is 3. The summed E-state index contributed by atoms with van der Waals surface area (Å²) in [6.45, 7) is 3.69. The van der Waals surface area contributed by atoms with E-state index in [1.807, 2.05) is 6.92 Å². The third-order valence-corrected chi connectivity index (χ3v) is 4.95. The van der Waals surface area contributed by atoms with E-state index in [0.717, 1.165) is 17.7 Å². The van der Waals surface area contributed by atoms with E-state index in [9.17, 15) is 14.4 Å². The molecule has 2 amide bonds. The van der Waals surface area contributed by atoms with Gasteiger partial charge in [0, 0.05) is 29.4 Å². The number of benzene rings is 2. The lowest BCUT2D eigenvalue weighted by Crippen LogP contribution is -2.31. The third-order valence-electron chi connectivity index (χ3n) is 4.71. The van der Waals surface area contributed by atoms with Gasteiger partial charge in [-0.25, -0.2) is 4.79 Å². The Labute approximate surface area is 179 Å². The van der Waals surface area contributed by atoms with Crippen molar-refractivity contribution in [3.63, 3.8) is 0 Å². The quantitative estimate of drug-likeness (QED) is 0.676. The molecule has 30 heavy (non-hydrogen) atoms. The minimum Gasteiger partial charge on any atom is -0.482 e. The van der Waals surface area contributed by atoms with Gasteiger partial charge in [0.2, 0.25) is 5.91 Å². The van der Waals surface area contributed by atoms with Crippen LogP contribution in [-0.4, -0.2) is 37.0 Å². The van der Waals surface area contributed by atoms with Crippen LogP contribution in [0.2, 0.25) is 5.02 Å². The Morgan fingerprint density at radius 3 is 2.60 bits per heavy atom. The van der Waals surface area contributed by atoms with Crippen LogP contribution in [0.25, 0.3) is 0 Å². The molecule has 8 heteroatoms. The van der Waals surface area contributed by atoms with E-state index in [1.54, 1.807) is 47.4 Å². The largest absolute Gasteiger partial charge is 0.482 e.